The Labute approximate surface area is 147 Å². The van der Waals surface area contributed by atoms with Crippen LogP contribution in [-0.2, 0) is 20.9 Å². The van der Waals surface area contributed by atoms with Crippen LogP contribution in [0.15, 0.2) is 58.1 Å². The first-order valence-electron chi connectivity index (χ1n) is 7.53. The fourth-order valence-electron chi connectivity index (χ4n) is 2.27. The van der Waals surface area contributed by atoms with Crippen LogP contribution in [0.4, 0.5) is 0 Å². The summed E-state index contributed by atoms with van der Waals surface area (Å²) in [5, 5.41) is 5.39. The van der Waals surface area contributed by atoms with Crippen LogP contribution in [0.1, 0.15) is 17.2 Å². The van der Waals surface area contributed by atoms with Gasteiger partial charge in [-0.25, -0.2) is 0 Å². The maximum atomic E-state index is 12.2. The smallest absolute Gasteiger partial charge is 0.265 e. The van der Waals surface area contributed by atoms with Gasteiger partial charge in [0.15, 0.2) is 5.17 Å². The number of nitrogens with zero attached hydrogens (tertiary/aromatic N) is 1. The first kappa shape index (κ1) is 17.0. The van der Waals surface area contributed by atoms with E-state index in [0.717, 1.165) is 11.8 Å². The molecule has 7 nitrogen and oxygen atoms in total. The number of hydrogen-bond acceptors (Lipinski definition) is 5. The summed E-state index contributed by atoms with van der Waals surface area (Å²) in [4.78, 5) is 40.1. The van der Waals surface area contributed by atoms with E-state index in [1.165, 1.54) is 6.26 Å². The molecule has 25 heavy (non-hydrogen) atoms. The molecule has 0 spiro atoms. The molecule has 3 rings (SSSR count). The van der Waals surface area contributed by atoms with Gasteiger partial charge in [-0.1, -0.05) is 42.1 Å². The Morgan fingerprint density at radius 3 is 2.68 bits per heavy atom. The highest BCUT2D eigenvalue weighted by molar-refractivity contribution is 8.14. The number of amides is 3. The molecule has 1 unspecified atom stereocenters. The average Bonchev–Trinajstić information content (AvgIpc) is 3.12. The first-order chi connectivity index (χ1) is 12.1. The van der Waals surface area contributed by atoms with Crippen molar-refractivity contribution in [1.82, 2.24) is 10.6 Å². The molecule has 128 valence electrons. The van der Waals surface area contributed by atoms with Gasteiger partial charge in [-0.3, -0.25) is 14.4 Å². The Hall–Kier alpha value is -2.87. The Kier molecular flexibility index (Phi) is 5.30. The van der Waals surface area contributed by atoms with Crippen LogP contribution >= 0.6 is 11.8 Å². The van der Waals surface area contributed by atoms with Gasteiger partial charge in [0, 0.05) is 0 Å². The molecule has 2 N–H and O–H groups in total. The molecule has 1 aromatic heterocycles. The second-order valence-electron chi connectivity index (χ2n) is 5.23. The van der Waals surface area contributed by atoms with Crippen LogP contribution in [0.5, 0.6) is 0 Å². The highest BCUT2D eigenvalue weighted by atomic mass is 32.2. The first-order valence-corrected chi connectivity index (χ1v) is 8.52. The summed E-state index contributed by atoms with van der Waals surface area (Å²) >= 11 is 1.00. The van der Waals surface area contributed by atoms with Crippen molar-refractivity contribution in [3.05, 3.63) is 60.1 Å². The molecule has 0 fully saturated rings. The zero-order chi connectivity index (χ0) is 17.6. The van der Waals surface area contributed by atoms with Crippen molar-refractivity contribution in [3.8, 4) is 0 Å². The summed E-state index contributed by atoms with van der Waals surface area (Å²) in [6.07, 6.45) is 1.53. The fraction of sp³-hybridized carbons (Fsp3) is 0.176. The maximum Gasteiger partial charge on any atom is 0.265 e. The van der Waals surface area contributed by atoms with E-state index in [0.29, 0.717) is 11.3 Å². The van der Waals surface area contributed by atoms with E-state index < -0.39 is 17.7 Å². The van der Waals surface area contributed by atoms with E-state index in [4.69, 9.17) is 4.42 Å². The van der Waals surface area contributed by atoms with Gasteiger partial charge in [0.05, 0.1) is 18.6 Å². The van der Waals surface area contributed by atoms with Gasteiger partial charge in [-0.05, 0) is 17.7 Å². The van der Waals surface area contributed by atoms with Crippen molar-refractivity contribution in [2.24, 2.45) is 4.99 Å². The second-order valence-corrected chi connectivity index (χ2v) is 6.20. The fourth-order valence-corrected chi connectivity index (χ4v) is 2.97. The van der Waals surface area contributed by atoms with Crippen molar-refractivity contribution in [1.29, 1.82) is 0 Å². The molecule has 2 aromatic rings. The summed E-state index contributed by atoms with van der Waals surface area (Å²) < 4.78 is 5.11. The number of thioether (sulfide) groups is 1. The number of nitrogens with one attached hydrogen (secondary N) is 2. The molecule has 2 heterocycles. The molecular weight excluding hydrogens is 342 g/mol. The lowest BCUT2D eigenvalue weighted by Crippen LogP contribution is -2.41. The summed E-state index contributed by atoms with van der Waals surface area (Å²) in [6.45, 7) is 0.278. The zero-order valence-electron chi connectivity index (χ0n) is 13.1. The Balaban J connectivity index is 1.54. The van der Waals surface area contributed by atoms with Crippen molar-refractivity contribution in [2.45, 2.75) is 12.5 Å². The van der Waals surface area contributed by atoms with E-state index in [1.807, 2.05) is 0 Å². The molecule has 1 aromatic carbocycles. The summed E-state index contributed by atoms with van der Waals surface area (Å²) in [5.41, 5.74) is 0.592. The lowest BCUT2D eigenvalue weighted by molar-refractivity contribution is -0.129. The molecule has 0 saturated heterocycles. The van der Waals surface area contributed by atoms with Crippen LogP contribution in [0, 0.1) is 0 Å². The predicted octanol–water partition coefficient (Wildman–Crippen LogP) is 1.43. The minimum atomic E-state index is -0.946. The van der Waals surface area contributed by atoms with Crippen LogP contribution in [0.3, 0.4) is 0 Å². The number of hydrogen-bond donors (Lipinski definition) is 2. The van der Waals surface area contributed by atoms with Crippen molar-refractivity contribution in [2.75, 3.05) is 5.75 Å². The monoisotopic (exact) mass is 357 g/mol. The minimum Gasteiger partial charge on any atom is -0.467 e. The number of furan rings is 1. The summed E-state index contributed by atoms with van der Waals surface area (Å²) in [5.74, 6) is -1.50. The minimum absolute atomic E-state index is 0.0309. The summed E-state index contributed by atoms with van der Waals surface area (Å²) in [7, 11) is 0. The largest absolute Gasteiger partial charge is 0.467 e. The van der Waals surface area contributed by atoms with E-state index in [-0.39, 0.29) is 23.4 Å². The highest BCUT2D eigenvalue weighted by Gasteiger charge is 2.33. The van der Waals surface area contributed by atoms with Crippen LogP contribution < -0.4 is 10.6 Å². The lowest BCUT2D eigenvalue weighted by Gasteiger charge is -2.19. The van der Waals surface area contributed by atoms with Gasteiger partial charge in [-0.15, -0.1) is 0 Å². The molecule has 0 saturated carbocycles. The SMILES string of the molecule is O=C(CSC1=NC(=O)C(c2ccccc2)C(=O)N1)NCc1ccco1. The molecule has 3 amide bonds. The van der Waals surface area contributed by atoms with E-state index in [1.54, 1.807) is 42.5 Å². The maximum absolute atomic E-state index is 12.2. The number of benzene rings is 1. The number of aliphatic imine (C=N–C) groups is 1. The van der Waals surface area contributed by atoms with Crippen molar-refractivity contribution >= 4 is 34.7 Å². The number of rotatable bonds is 5. The molecule has 0 radical (unpaired) electrons. The molecule has 0 aliphatic carbocycles. The third kappa shape index (κ3) is 4.36. The van der Waals surface area contributed by atoms with E-state index in [2.05, 4.69) is 15.6 Å². The lowest BCUT2D eigenvalue weighted by atomic mass is 9.97. The molecule has 1 atom stereocenters. The topological polar surface area (TPSA) is 101 Å². The Morgan fingerprint density at radius 2 is 2.00 bits per heavy atom. The third-order valence-electron chi connectivity index (χ3n) is 3.46. The molecule has 1 aliphatic rings. The Morgan fingerprint density at radius 1 is 1.20 bits per heavy atom. The zero-order valence-corrected chi connectivity index (χ0v) is 13.9. The molecule has 0 bridgehead atoms. The number of carbonyl (C=O) groups is 3. The van der Waals surface area contributed by atoms with Gasteiger partial charge in [0.25, 0.3) is 5.91 Å². The normalized spacial score (nSPS) is 17.0. The quantitative estimate of drug-likeness (QED) is 0.789. The number of carbonyl (C=O) groups excluding carboxylic acids is 3. The molecule has 8 heteroatoms. The molecular formula is C17H15N3O4S. The van der Waals surface area contributed by atoms with Crippen LogP contribution in [0.2, 0.25) is 0 Å². The third-order valence-corrected chi connectivity index (χ3v) is 4.34. The average molecular weight is 357 g/mol. The number of amidine groups is 1. The van der Waals surface area contributed by atoms with Crippen LogP contribution in [0.25, 0.3) is 0 Å². The van der Waals surface area contributed by atoms with Gasteiger partial charge in [-0.2, -0.15) is 4.99 Å². The van der Waals surface area contributed by atoms with Crippen molar-refractivity contribution < 1.29 is 18.8 Å². The standard InChI is InChI=1S/C17H15N3O4S/c21-13(18-9-12-7-4-8-24-12)10-25-17-19-15(22)14(16(23)20-17)11-5-2-1-3-6-11/h1-8,14H,9-10H2,(H,18,21)(H,19,20,22,23). The van der Waals surface area contributed by atoms with E-state index in [9.17, 15) is 14.4 Å². The predicted molar refractivity (Wildman–Crippen MR) is 92.8 cm³/mol. The van der Waals surface area contributed by atoms with Gasteiger partial charge < -0.3 is 15.1 Å². The molecule has 1 aliphatic heterocycles. The van der Waals surface area contributed by atoms with Gasteiger partial charge in [0.1, 0.15) is 11.7 Å². The van der Waals surface area contributed by atoms with Crippen LogP contribution in [-0.4, -0.2) is 28.6 Å². The van der Waals surface area contributed by atoms with Crippen molar-refractivity contribution in [3.63, 3.8) is 0 Å². The van der Waals surface area contributed by atoms with Gasteiger partial charge >= 0.3 is 0 Å². The Bertz CT molecular complexity index is 803. The second kappa shape index (κ2) is 7.80. The summed E-state index contributed by atoms with van der Waals surface area (Å²) in [6, 6.07) is 12.2. The van der Waals surface area contributed by atoms with E-state index >= 15 is 0 Å². The van der Waals surface area contributed by atoms with Gasteiger partial charge in [0.2, 0.25) is 11.8 Å². The highest BCUT2D eigenvalue weighted by Crippen LogP contribution is 2.22.